The zero-order valence-electron chi connectivity index (χ0n) is 10.7. The molecule has 0 bridgehead atoms. The van der Waals surface area contributed by atoms with Crippen molar-refractivity contribution in [3.8, 4) is 0 Å². The molecule has 6 heteroatoms. The number of rotatable bonds is 7. The molecule has 3 N–H and O–H groups in total. The predicted molar refractivity (Wildman–Crippen MR) is 78.2 cm³/mol. The Morgan fingerprint density at radius 1 is 1.37 bits per heavy atom. The van der Waals surface area contributed by atoms with Crippen LogP contribution in [-0.2, 0) is 9.59 Å². The van der Waals surface area contributed by atoms with E-state index in [0.29, 0.717) is 17.2 Å². The van der Waals surface area contributed by atoms with Gasteiger partial charge in [-0.05, 0) is 31.2 Å². The summed E-state index contributed by atoms with van der Waals surface area (Å²) in [7, 11) is 0. The first-order chi connectivity index (χ1) is 8.97. The minimum atomic E-state index is -0.414. The van der Waals surface area contributed by atoms with Crippen molar-refractivity contribution in [3.63, 3.8) is 0 Å². The summed E-state index contributed by atoms with van der Waals surface area (Å²) in [5.41, 5.74) is 5.05. The van der Waals surface area contributed by atoms with E-state index in [0.717, 1.165) is 4.90 Å². The van der Waals surface area contributed by atoms with Gasteiger partial charge in [-0.3, -0.25) is 9.59 Å². The van der Waals surface area contributed by atoms with Crippen LogP contribution >= 0.6 is 23.4 Å². The highest BCUT2D eigenvalue weighted by Crippen LogP contribution is 2.20. The van der Waals surface area contributed by atoms with Crippen LogP contribution in [0.5, 0.6) is 0 Å². The Kier molecular flexibility index (Phi) is 6.73. The van der Waals surface area contributed by atoms with Crippen LogP contribution in [0.3, 0.4) is 0 Å². The summed E-state index contributed by atoms with van der Waals surface area (Å²) in [6.07, 6.45) is 0.562. The van der Waals surface area contributed by atoms with Gasteiger partial charge in [0.1, 0.15) is 0 Å². The molecule has 1 atom stereocenters. The van der Waals surface area contributed by atoms with Gasteiger partial charge in [-0.15, -0.1) is 11.8 Å². The fraction of sp³-hybridized carbons (Fsp3) is 0.385. The van der Waals surface area contributed by atoms with Crippen molar-refractivity contribution in [1.29, 1.82) is 0 Å². The molecule has 4 nitrogen and oxygen atoms in total. The normalized spacial score (nSPS) is 11.9. The average Bonchev–Trinajstić information content (AvgIpc) is 2.30. The van der Waals surface area contributed by atoms with Crippen molar-refractivity contribution in [2.75, 3.05) is 5.75 Å². The summed E-state index contributed by atoms with van der Waals surface area (Å²) in [5, 5.41) is 3.43. The van der Waals surface area contributed by atoms with Crippen LogP contribution in [0.25, 0.3) is 0 Å². The van der Waals surface area contributed by atoms with E-state index in [1.165, 1.54) is 0 Å². The number of halogens is 1. The predicted octanol–water partition coefficient (Wildman–Crippen LogP) is 2.20. The molecule has 0 spiro atoms. The van der Waals surface area contributed by atoms with E-state index >= 15 is 0 Å². The van der Waals surface area contributed by atoms with Crippen LogP contribution in [0.2, 0.25) is 5.02 Å². The quantitative estimate of drug-likeness (QED) is 0.758. The maximum Gasteiger partial charge on any atom is 0.221 e. The number of thioether (sulfide) groups is 1. The number of carbonyl (C=O) groups is 2. The number of amides is 2. The molecular formula is C13H17ClN2O2S. The Morgan fingerprint density at radius 3 is 2.58 bits per heavy atom. The zero-order chi connectivity index (χ0) is 14.3. The van der Waals surface area contributed by atoms with E-state index in [9.17, 15) is 9.59 Å². The van der Waals surface area contributed by atoms with Gasteiger partial charge >= 0.3 is 0 Å². The number of primary amides is 1. The van der Waals surface area contributed by atoms with Crippen LogP contribution < -0.4 is 11.1 Å². The first-order valence-electron chi connectivity index (χ1n) is 5.93. The topological polar surface area (TPSA) is 72.2 Å². The van der Waals surface area contributed by atoms with Crippen LogP contribution in [0.1, 0.15) is 19.8 Å². The fourth-order valence-corrected chi connectivity index (χ4v) is 2.47. The molecule has 0 fully saturated rings. The first-order valence-corrected chi connectivity index (χ1v) is 7.30. The molecule has 0 saturated carbocycles. The highest BCUT2D eigenvalue weighted by atomic mass is 35.5. The molecule has 1 rings (SSSR count). The van der Waals surface area contributed by atoms with Crippen LogP contribution in [0, 0.1) is 0 Å². The Balaban J connectivity index is 2.23. The number of carbonyl (C=O) groups excluding carboxylic acids is 2. The van der Waals surface area contributed by atoms with E-state index < -0.39 is 5.91 Å². The molecule has 0 aliphatic heterocycles. The lowest BCUT2D eigenvalue weighted by Crippen LogP contribution is -2.35. The van der Waals surface area contributed by atoms with Crippen molar-refractivity contribution in [2.45, 2.75) is 30.7 Å². The second kappa shape index (κ2) is 8.07. The average molecular weight is 301 g/mol. The molecule has 0 aliphatic carbocycles. The Morgan fingerprint density at radius 2 is 2.00 bits per heavy atom. The van der Waals surface area contributed by atoms with E-state index in [1.807, 2.05) is 24.3 Å². The Bertz CT molecular complexity index is 437. The van der Waals surface area contributed by atoms with Crippen molar-refractivity contribution in [3.05, 3.63) is 29.3 Å². The largest absolute Gasteiger partial charge is 0.370 e. The van der Waals surface area contributed by atoms with Crippen molar-refractivity contribution < 1.29 is 9.59 Å². The standard InChI is InChI=1S/C13H17ClN2O2S/c1-9(8-12(15)17)16-13(18)6-7-19-11-4-2-10(14)3-5-11/h2-5,9H,6-8H2,1H3,(H2,15,17)(H,16,18). The summed E-state index contributed by atoms with van der Waals surface area (Å²) >= 11 is 7.37. The maximum atomic E-state index is 11.6. The van der Waals surface area contributed by atoms with Gasteiger partial charge in [0, 0.05) is 34.6 Å². The van der Waals surface area contributed by atoms with Gasteiger partial charge in [0.2, 0.25) is 11.8 Å². The molecule has 0 heterocycles. The van der Waals surface area contributed by atoms with Crippen LogP contribution in [0.15, 0.2) is 29.2 Å². The third-order valence-corrected chi connectivity index (χ3v) is 3.59. The summed E-state index contributed by atoms with van der Waals surface area (Å²) in [4.78, 5) is 23.3. The molecule has 0 saturated heterocycles. The Labute approximate surface area is 122 Å². The molecule has 2 amide bonds. The summed E-state index contributed by atoms with van der Waals surface area (Å²) in [6, 6.07) is 7.25. The maximum absolute atomic E-state index is 11.6. The van der Waals surface area contributed by atoms with Gasteiger partial charge in [0.25, 0.3) is 0 Å². The molecule has 0 aromatic heterocycles. The SMILES string of the molecule is CC(CC(N)=O)NC(=O)CCSc1ccc(Cl)cc1. The van der Waals surface area contributed by atoms with Gasteiger partial charge in [0.05, 0.1) is 0 Å². The molecule has 19 heavy (non-hydrogen) atoms. The summed E-state index contributed by atoms with van der Waals surface area (Å²) < 4.78 is 0. The molecule has 1 unspecified atom stereocenters. The molecule has 1 aromatic rings. The lowest BCUT2D eigenvalue weighted by atomic mass is 10.2. The molecule has 0 radical (unpaired) electrons. The van der Waals surface area contributed by atoms with Crippen LogP contribution in [0.4, 0.5) is 0 Å². The van der Waals surface area contributed by atoms with E-state index in [2.05, 4.69) is 5.32 Å². The minimum absolute atomic E-state index is 0.0739. The summed E-state index contributed by atoms with van der Waals surface area (Å²) in [5.74, 6) is 0.190. The monoisotopic (exact) mass is 300 g/mol. The van der Waals surface area contributed by atoms with E-state index in [-0.39, 0.29) is 18.4 Å². The number of hydrogen-bond donors (Lipinski definition) is 2. The van der Waals surface area contributed by atoms with Gasteiger partial charge in [0.15, 0.2) is 0 Å². The highest BCUT2D eigenvalue weighted by molar-refractivity contribution is 7.99. The van der Waals surface area contributed by atoms with Gasteiger partial charge in [-0.25, -0.2) is 0 Å². The van der Waals surface area contributed by atoms with Gasteiger partial charge in [-0.1, -0.05) is 11.6 Å². The Hall–Kier alpha value is -1.20. The van der Waals surface area contributed by atoms with E-state index in [4.69, 9.17) is 17.3 Å². The number of nitrogens with two attached hydrogens (primary N) is 1. The second-order valence-corrected chi connectivity index (χ2v) is 5.80. The minimum Gasteiger partial charge on any atom is -0.370 e. The third kappa shape index (κ3) is 7.08. The van der Waals surface area contributed by atoms with Gasteiger partial charge in [-0.2, -0.15) is 0 Å². The summed E-state index contributed by atoms with van der Waals surface area (Å²) in [6.45, 7) is 1.76. The lowest BCUT2D eigenvalue weighted by molar-refractivity contribution is -0.122. The van der Waals surface area contributed by atoms with Crippen molar-refractivity contribution in [2.24, 2.45) is 5.73 Å². The third-order valence-electron chi connectivity index (χ3n) is 2.33. The van der Waals surface area contributed by atoms with E-state index in [1.54, 1.807) is 18.7 Å². The zero-order valence-corrected chi connectivity index (χ0v) is 12.3. The molecule has 104 valence electrons. The molecule has 0 aliphatic rings. The molecule has 1 aromatic carbocycles. The van der Waals surface area contributed by atoms with Crippen molar-refractivity contribution in [1.82, 2.24) is 5.32 Å². The number of hydrogen-bond acceptors (Lipinski definition) is 3. The smallest absolute Gasteiger partial charge is 0.221 e. The lowest BCUT2D eigenvalue weighted by Gasteiger charge is -2.11. The highest BCUT2D eigenvalue weighted by Gasteiger charge is 2.09. The fourth-order valence-electron chi connectivity index (χ4n) is 1.49. The first kappa shape index (κ1) is 15.9. The van der Waals surface area contributed by atoms with Gasteiger partial charge < -0.3 is 11.1 Å². The second-order valence-electron chi connectivity index (χ2n) is 4.19. The molecular weight excluding hydrogens is 284 g/mol. The van der Waals surface area contributed by atoms with Crippen LogP contribution in [-0.4, -0.2) is 23.6 Å². The number of benzene rings is 1. The van der Waals surface area contributed by atoms with Crippen molar-refractivity contribution >= 4 is 35.2 Å². The number of nitrogens with one attached hydrogen (secondary N) is 1.